The number of nitrogens with one attached hydrogen (secondary N) is 2. The summed E-state index contributed by atoms with van der Waals surface area (Å²) >= 11 is 0. The summed E-state index contributed by atoms with van der Waals surface area (Å²) < 4.78 is 24.9. The Morgan fingerprint density at radius 1 is 1.29 bits per heavy atom. The second-order valence-electron chi connectivity index (χ2n) is 9.60. The first-order valence-electron chi connectivity index (χ1n) is 12.0. The second-order valence-corrected chi connectivity index (χ2v) is 9.60. The standard InChI is InChI=1S/C23H35FN8O3/c1-7-35-21-25-10-17(24)20(27-21)26-19-16-13-32(23(4,5)18(16)28-29-19)22(33)31-12-14(2)30(8-9-34-6)11-15(31)3/h10,14-15H,7-9,11-13H2,1-6H3,(H2,25,26,27,28,29)/t14-,15+/m1/s1. The number of aromatic amines is 1. The number of hydrogen-bond donors (Lipinski definition) is 2. The fourth-order valence-corrected chi connectivity index (χ4v) is 4.82. The third-order valence-electron chi connectivity index (χ3n) is 6.88. The van der Waals surface area contributed by atoms with Crippen molar-refractivity contribution in [2.75, 3.05) is 45.3 Å². The second kappa shape index (κ2) is 9.94. The number of fused-ring (bicyclic) bond motifs is 1. The number of urea groups is 1. The van der Waals surface area contributed by atoms with Crippen LogP contribution >= 0.6 is 0 Å². The third kappa shape index (κ3) is 4.76. The van der Waals surface area contributed by atoms with Crippen LogP contribution in [0.25, 0.3) is 0 Å². The van der Waals surface area contributed by atoms with Crippen LogP contribution < -0.4 is 10.1 Å². The summed E-state index contributed by atoms with van der Waals surface area (Å²) in [4.78, 5) is 27.8. The molecule has 4 heterocycles. The zero-order valence-corrected chi connectivity index (χ0v) is 21.3. The van der Waals surface area contributed by atoms with Gasteiger partial charge >= 0.3 is 12.0 Å². The molecule has 0 spiro atoms. The lowest BCUT2D eigenvalue weighted by Gasteiger charge is -2.46. The lowest BCUT2D eigenvalue weighted by molar-refractivity contribution is 0.0242. The number of ether oxygens (including phenoxy) is 2. The first kappa shape index (κ1) is 25.1. The number of anilines is 2. The van der Waals surface area contributed by atoms with Crippen molar-refractivity contribution in [2.24, 2.45) is 0 Å². The van der Waals surface area contributed by atoms with Crippen LogP contribution in [-0.4, -0.2) is 92.9 Å². The van der Waals surface area contributed by atoms with Crippen LogP contribution in [-0.2, 0) is 16.8 Å². The number of H-pyrrole nitrogens is 1. The molecule has 0 saturated carbocycles. The number of carbonyl (C=O) groups excluding carboxylic acids is 1. The highest BCUT2D eigenvalue weighted by molar-refractivity contribution is 5.78. The fraction of sp³-hybridized carbons (Fsp3) is 0.652. The molecule has 2 aromatic heterocycles. The van der Waals surface area contributed by atoms with Crippen molar-refractivity contribution in [1.29, 1.82) is 0 Å². The minimum absolute atomic E-state index is 0.0249. The average molecular weight is 491 g/mol. The Hall–Kier alpha value is -2.99. The summed E-state index contributed by atoms with van der Waals surface area (Å²) in [6.07, 6.45) is 1.06. The Morgan fingerprint density at radius 3 is 2.77 bits per heavy atom. The number of aromatic nitrogens is 4. The monoisotopic (exact) mass is 490 g/mol. The number of rotatable bonds is 7. The first-order valence-corrected chi connectivity index (χ1v) is 12.0. The van der Waals surface area contributed by atoms with E-state index in [1.54, 1.807) is 14.0 Å². The Morgan fingerprint density at radius 2 is 2.06 bits per heavy atom. The van der Waals surface area contributed by atoms with Gasteiger partial charge in [-0.15, -0.1) is 0 Å². The summed E-state index contributed by atoms with van der Waals surface area (Å²) in [6, 6.07) is 0.345. The van der Waals surface area contributed by atoms with Crippen molar-refractivity contribution in [3.05, 3.63) is 23.3 Å². The van der Waals surface area contributed by atoms with Crippen LogP contribution in [0.15, 0.2) is 6.20 Å². The van der Waals surface area contributed by atoms with Crippen molar-refractivity contribution in [2.45, 2.75) is 58.8 Å². The third-order valence-corrected chi connectivity index (χ3v) is 6.88. The minimum Gasteiger partial charge on any atom is -0.464 e. The van der Waals surface area contributed by atoms with Crippen molar-refractivity contribution in [3.8, 4) is 6.01 Å². The lowest BCUT2D eigenvalue weighted by Crippen LogP contribution is -2.61. The Bertz CT molecular complexity index is 1060. The molecule has 0 unspecified atom stereocenters. The van der Waals surface area contributed by atoms with E-state index in [0.29, 0.717) is 32.1 Å². The van der Waals surface area contributed by atoms with E-state index in [-0.39, 0.29) is 29.9 Å². The number of carbonyl (C=O) groups is 1. The number of piperazine rings is 1. The lowest BCUT2D eigenvalue weighted by atomic mass is 10.0. The van der Waals surface area contributed by atoms with Gasteiger partial charge in [0.1, 0.15) is 0 Å². The van der Waals surface area contributed by atoms with Gasteiger partial charge in [0.05, 0.1) is 37.2 Å². The van der Waals surface area contributed by atoms with Gasteiger partial charge in [0.15, 0.2) is 17.5 Å². The Balaban J connectivity index is 1.52. The molecule has 2 aliphatic rings. The SMILES string of the molecule is CCOc1ncc(F)c(Nc2n[nH]c3c2CN(C(=O)N2C[C@@H](C)N(CCOC)C[C@@H]2C)C3(C)C)n1. The van der Waals surface area contributed by atoms with Crippen LogP contribution in [0.1, 0.15) is 45.9 Å². The Kier molecular flexibility index (Phi) is 7.13. The van der Waals surface area contributed by atoms with E-state index in [1.807, 2.05) is 23.6 Å². The maximum absolute atomic E-state index is 14.4. The molecular formula is C23H35FN8O3. The van der Waals surface area contributed by atoms with Crippen LogP contribution in [0.3, 0.4) is 0 Å². The van der Waals surface area contributed by atoms with Gasteiger partial charge in [-0.1, -0.05) is 0 Å². The van der Waals surface area contributed by atoms with Crippen molar-refractivity contribution >= 4 is 17.7 Å². The van der Waals surface area contributed by atoms with Gasteiger partial charge in [-0.2, -0.15) is 10.1 Å². The van der Waals surface area contributed by atoms with Crippen molar-refractivity contribution in [1.82, 2.24) is 34.9 Å². The van der Waals surface area contributed by atoms with Gasteiger partial charge in [0.2, 0.25) is 0 Å². The molecule has 2 atom stereocenters. The van der Waals surface area contributed by atoms with E-state index >= 15 is 0 Å². The molecule has 1 fully saturated rings. The van der Waals surface area contributed by atoms with E-state index < -0.39 is 11.4 Å². The minimum atomic E-state index is -0.621. The van der Waals surface area contributed by atoms with Crippen LogP contribution in [0.2, 0.25) is 0 Å². The van der Waals surface area contributed by atoms with Crippen LogP contribution in [0.4, 0.5) is 20.8 Å². The van der Waals surface area contributed by atoms with Crippen LogP contribution in [0, 0.1) is 5.82 Å². The molecule has 0 aliphatic carbocycles. The molecule has 11 nitrogen and oxygen atoms in total. The molecule has 1 saturated heterocycles. The van der Waals surface area contributed by atoms with Gasteiger partial charge in [0.25, 0.3) is 0 Å². The fourth-order valence-electron chi connectivity index (χ4n) is 4.82. The zero-order valence-electron chi connectivity index (χ0n) is 21.3. The molecule has 192 valence electrons. The van der Waals surface area contributed by atoms with E-state index in [0.717, 1.165) is 30.5 Å². The zero-order chi connectivity index (χ0) is 25.3. The largest absolute Gasteiger partial charge is 0.464 e. The van der Waals surface area contributed by atoms with Gasteiger partial charge in [-0.05, 0) is 34.6 Å². The molecule has 12 heteroatoms. The van der Waals surface area contributed by atoms with Gasteiger partial charge < -0.3 is 24.6 Å². The maximum Gasteiger partial charge on any atom is 0.321 e. The summed E-state index contributed by atoms with van der Waals surface area (Å²) in [5.41, 5.74) is 1.00. The first-order chi connectivity index (χ1) is 16.7. The highest BCUT2D eigenvalue weighted by Crippen LogP contribution is 2.42. The molecule has 0 aromatic carbocycles. The van der Waals surface area contributed by atoms with Crippen LogP contribution in [0.5, 0.6) is 6.01 Å². The molecule has 0 bridgehead atoms. The molecular weight excluding hydrogens is 455 g/mol. The van der Waals surface area contributed by atoms with Gasteiger partial charge in [-0.25, -0.2) is 14.2 Å². The topological polar surface area (TPSA) is 112 Å². The maximum atomic E-state index is 14.4. The van der Waals surface area contributed by atoms with E-state index in [1.165, 1.54) is 0 Å². The molecule has 0 radical (unpaired) electrons. The highest BCUT2D eigenvalue weighted by atomic mass is 19.1. The summed E-state index contributed by atoms with van der Waals surface area (Å²) in [5.74, 6) is -0.228. The van der Waals surface area contributed by atoms with Crippen molar-refractivity contribution < 1.29 is 18.7 Å². The number of hydrogen-bond acceptors (Lipinski definition) is 8. The number of methoxy groups -OCH3 is 1. The van der Waals surface area contributed by atoms with Gasteiger partial charge in [-0.3, -0.25) is 10.00 Å². The molecule has 2 N–H and O–H groups in total. The summed E-state index contributed by atoms with van der Waals surface area (Å²) in [7, 11) is 1.70. The summed E-state index contributed by atoms with van der Waals surface area (Å²) in [5, 5.41) is 10.3. The smallest absolute Gasteiger partial charge is 0.321 e. The quantitative estimate of drug-likeness (QED) is 0.609. The average Bonchev–Trinajstić information content (AvgIpc) is 3.34. The predicted molar refractivity (Wildman–Crippen MR) is 128 cm³/mol. The highest BCUT2D eigenvalue weighted by Gasteiger charge is 2.46. The number of amides is 2. The van der Waals surface area contributed by atoms with E-state index in [9.17, 15) is 9.18 Å². The summed E-state index contributed by atoms with van der Waals surface area (Å²) in [6.45, 7) is 13.6. The molecule has 4 rings (SSSR count). The molecule has 2 aromatic rings. The molecule has 2 aliphatic heterocycles. The normalized spacial score (nSPS) is 21.8. The predicted octanol–water partition coefficient (Wildman–Crippen LogP) is 2.69. The number of halogens is 1. The van der Waals surface area contributed by atoms with E-state index in [4.69, 9.17) is 9.47 Å². The number of nitrogens with zero attached hydrogens (tertiary/aromatic N) is 6. The van der Waals surface area contributed by atoms with E-state index in [2.05, 4.69) is 44.2 Å². The van der Waals surface area contributed by atoms with Crippen molar-refractivity contribution in [3.63, 3.8) is 0 Å². The van der Waals surface area contributed by atoms with Gasteiger partial charge in [0, 0.05) is 44.4 Å². The molecule has 2 amide bonds. The Labute approximate surface area is 205 Å². The molecule has 35 heavy (non-hydrogen) atoms.